The van der Waals surface area contributed by atoms with Crippen LogP contribution >= 0.6 is 11.6 Å². The predicted molar refractivity (Wildman–Crippen MR) is 96.2 cm³/mol. The van der Waals surface area contributed by atoms with Crippen LogP contribution in [0.1, 0.15) is 37.8 Å². The number of hydrogen-bond donors (Lipinski definition) is 1. The van der Waals surface area contributed by atoms with E-state index in [1.54, 1.807) is 0 Å². The number of ether oxygens (including phenoxy) is 1. The Kier molecular flexibility index (Phi) is 5.07. The number of nitrogens with zero attached hydrogens (tertiary/aromatic N) is 1. The van der Waals surface area contributed by atoms with Crippen LogP contribution in [0.5, 0.6) is 0 Å². The lowest BCUT2D eigenvalue weighted by Gasteiger charge is -2.33. The quantitative estimate of drug-likeness (QED) is 0.816. The van der Waals surface area contributed by atoms with Crippen molar-refractivity contribution >= 4 is 23.5 Å². The zero-order valence-electron chi connectivity index (χ0n) is 14.9. The first-order valence-corrected chi connectivity index (χ1v) is 9.09. The van der Waals surface area contributed by atoms with Crippen LogP contribution in [0.25, 0.3) is 0 Å². The van der Waals surface area contributed by atoms with Crippen LogP contribution < -0.4 is 5.32 Å². The predicted octanol–water partition coefficient (Wildman–Crippen LogP) is 2.79. The second-order valence-corrected chi connectivity index (χ2v) is 7.81. The van der Waals surface area contributed by atoms with E-state index in [1.807, 2.05) is 43.1 Å². The molecule has 1 aliphatic carbocycles. The first kappa shape index (κ1) is 18.2. The first-order chi connectivity index (χ1) is 11.9. The second kappa shape index (κ2) is 6.96. The summed E-state index contributed by atoms with van der Waals surface area (Å²) >= 11 is 6.01. The van der Waals surface area contributed by atoms with E-state index in [0.29, 0.717) is 17.4 Å². The Bertz CT molecular complexity index is 659. The lowest BCUT2D eigenvalue weighted by molar-refractivity contribution is -0.152. The molecule has 2 aliphatic rings. The molecule has 1 amide bonds. The Morgan fingerprint density at radius 3 is 2.52 bits per heavy atom. The Hall–Kier alpha value is -1.59. The summed E-state index contributed by atoms with van der Waals surface area (Å²) in [7, 11) is 3.27. The van der Waals surface area contributed by atoms with Gasteiger partial charge in [0.25, 0.3) is 0 Å². The summed E-state index contributed by atoms with van der Waals surface area (Å²) in [4.78, 5) is 27.2. The lowest BCUT2D eigenvalue weighted by atomic mass is 9.89. The van der Waals surface area contributed by atoms with Gasteiger partial charge in [0, 0.05) is 17.6 Å². The smallest absolute Gasteiger partial charge is 0.326 e. The van der Waals surface area contributed by atoms with E-state index in [-0.39, 0.29) is 23.8 Å². The van der Waals surface area contributed by atoms with Gasteiger partial charge in [-0.1, -0.05) is 23.7 Å². The highest BCUT2D eigenvalue weighted by atomic mass is 35.5. The molecule has 0 spiro atoms. The number of carbonyl (C=O) groups excluding carboxylic acids is 2. The molecule has 0 unspecified atom stereocenters. The molecular weight excluding hydrogens is 340 g/mol. The molecule has 25 heavy (non-hydrogen) atoms. The molecule has 136 valence electrons. The maximum absolute atomic E-state index is 12.9. The van der Waals surface area contributed by atoms with Crippen molar-refractivity contribution in [3.05, 3.63) is 34.9 Å². The summed E-state index contributed by atoms with van der Waals surface area (Å²) in [6.45, 7) is 2.57. The van der Waals surface area contributed by atoms with Crippen molar-refractivity contribution in [1.29, 1.82) is 0 Å². The van der Waals surface area contributed by atoms with Crippen molar-refractivity contribution in [2.45, 2.75) is 37.8 Å². The summed E-state index contributed by atoms with van der Waals surface area (Å²) < 4.78 is 5.01. The number of hydrogen-bond acceptors (Lipinski definition) is 4. The number of halogens is 1. The third-order valence-electron chi connectivity index (χ3n) is 5.63. The molecule has 1 saturated carbocycles. The number of esters is 1. The number of nitrogens with one attached hydrogen (secondary N) is 1. The molecule has 1 N–H and O–H groups in total. The average Bonchev–Trinajstić information content (AvgIpc) is 3.39. The highest BCUT2D eigenvalue weighted by molar-refractivity contribution is 6.30. The van der Waals surface area contributed by atoms with Crippen LogP contribution in [-0.4, -0.2) is 43.0 Å². The van der Waals surface area contributed by atoms with Gasteiger partial charge < -0.3 is 10.1 Å². The van der Waals surface area contributed by atoms with Crippen LogP contribution in [0.2, 0.25) is 5.02 Å². The zero-order valence-corrected chi connectivity index (χ0v) is 15.7. The fourth-order valence-corrected chi connectivity index (χ4v) is 3.88. The van der Waals surface area contributed by atoms with Crippen molar-refractivity contribution in [3.8, 4) is 0 Å². The van der Waals surface area contributed by atoms with Crippen molar-refractivity contribution in [2.24, 2.45) is 11.8 Å². The minimum absolute atomic E-state index is 0.00586. The molecule has 2 fully saturated rings. The zero-order chi connectivity index (χ0) is 18.2. The molecule has 5 nitrogen and oxygen atoms in total. The Morgan fingerprint density at radius 1 is 1.32 bits per heavy atom. The summed E-state index contributed by atoms with van der Waals surface area (Å²) in [5.41, 5.74) is 0.145. The minimum atomic E-state index is -0.833. The van der Waals surface area contributed by atoms with Gasteiger partial charge in [0.1, 0.15) is 5.54 Å². The summed E-state index contributed by atoms with van der Waals surface area (Å²) in [6, 6.07) is 7.29. The molecule has 0 aromatic heterocycles. The summed E-state index contributed by atoms with van der Waals surface area (Å²) in [5, 5.41) is 3.72. The standard InChI is InChI=1S/C19H25ClN2O3/c1-19(18(24)25-3)10-15(17(23)21-11-12-4-5-12)16(22(19)2)13-6-8-14(20)9-7-13/h6-9,12,15-16H,4-5,10-11H2,1-3H3,(H,21,23)/t15-,16-,19-/m1/s1. The topological polar surface area (TPSA) is 58.6 Å². The van der Waals surface area contributed by atoms with Crippen molar-refractivity contribution in [1.82, 2.24) is 10.2 Å². The van der Waals surface area contributed by atoms with E-state index in [0.717, 1.165) is 12.1 Å². The van der Waals surface area contributed by atoms with Gasteiger partial charge in [-0.3, -0.25) is 14.5 Å². The van der Waals surface area contributed by atoms with Crippen molar-refractivity contribution in [2.75, 3.05) is 20.7 Å². The molecule has 0 radical (unpaired) electrons. The molecule has 6 heteroatoms. The molecule has 3 rings (SSSR count). The van der Waals surface area contributed by atoms with E-state index in [2.05, 4.69) is 5.32 Å². The van der Waals surface area contributed by atoms with E-state index in [9.17, 15) is 9.59 Å². The largest absolute Gasteiger partial charge is 0.468 e. The number of methoxy groups -OCH3 is 1. The van der Waals surface area contributed by atoms with Crippen LogP contribution in [0, 0.1) is 11.8 Å². The summed E-state index contributed by atoms with van der Waals surface area (Å²) in [5.74, 6) is -0.00383. The normalized spacial score (nSPS) is 29.4. The fourth-order valence-electron chi connectivity index (χ4n) is 3.76. The molecule has 1 aromatic rings. The fraction of sp³-hybridized carbons (Fsp3) is 0.579. The highest BCUT2D eigenvalue weighted by Gasteiger charge is 2.54. The number of carbonyl (C=O) groups is 2. The second-order valence-electron chi connectivity index (χ2n) is 7.37. The number of amides is 1. The molecule has 1 aromatic carbocycles. The maximum Gasteiger partial charge on any atom is 0.326 e. The van der Waals surface area contributed by atoms with Crippen LogP contribution in [0.4, 0.5) is 0 Å². The lowest BCUT2D eigenvalue weighted by Crippen LogP contribution is -2.47. The van der Waals surface area contributed by atoms with Crippen molar-refractivity contribution < 1.29 is 14.3 Å². The maximum atomic E-state index is 12.9. The summed E-state index contributed by atoms with van der Waals surface area (Å²) in [6.07, 6.45) is 2.80. The van der Waals surface area contributed by atoms with Gasteiger partial charge in [0.05, 0.1) is 13.0 Å². The monoisotopic (exact) mass is 364 g/mol. The number of likely N-dealkylation sites (N-methyl/N-ethyl adjacent to an activating group) is 1. The molecule has 1 saturated heterocycles. The SMILES string of the molecule is COC(=O)[C@@]1(C)C[C@@H](C(=O)NCC2CC2)[C@@H](c2ccc(Cl)cc2)N1C. The Morgan fingerprint density at radius 2 is 1.96 bits per heavy atom. The van der Waals surface area contributed by atoms with Gasteiger partial charge >= 0.3 is 5.97 Å². The van der Waals surface area contributed by atoms with Crippen molar-refractivity contribution in [3.63, 3.8) is 0 Å². The highest BCUT2D eigenvalue weighted by Crippen LogP contribution is 2.46. The van der Waals surface area contributed by atoms with Gasteiger partial charge in [0.15, 0.2) is 0 Å². The minimum Gasteiger partial charge on any atom is -0.468 e. The number of likely N-dealkylation sites (tertiary alicyclic amines) is 1. The van der Waals surface area contributed by atoms with Crippen LogP contribution in [0.3, 0.4) is 0 Å². The molecule has 1 aliphatic heterocycles. The van der Waals surface area contributed by atoms with Crippen LogP contribution in [0.15, 0.2) is 24.3 Å². The average molecular weight is 365 g/mol. The Balaban J connectivity index is 1.89. The van der Waals surface area contributed by atoms with Gasteiger partial charge in [-0.2, -0.15) is 0 Å². The van der Waals surface area contributed by atoms with E-state index >= 15 is 0 Å². The molecular formula is C19H25ClN2O3. The first-order valence-electron chi connectivity index (χ1n) is 8.71. The van der Waals surface area contributed by atoms with Gasteiger partial charge in [0.2, 0.25) is 5.91 Å². The third kappa shape index (κ3) is 3.53. The van der Waals surface area contributed by atoms with Gasteiger partial charge in [-0.15, -0.1) is 0 Å². The van der Waals surface area contributed by atoms with E-state index < -0.39 is 5.54 Å². The van der Waals surface area contributed by atoms with Crippen LogP contribution in [-0.2, 0) is 14.3 Å². The van der Waals surface area contributed by atoms with E-state index in [1.165, 1.54) is 20.0 Å². The van der Waals surface area contributed by atoms with Gasteiger partial charge in [-0.05, 0) is 56.8 Å². The third-order valence-corrected chi connectivity index (χ3v) is 5.88. The number of rotatable bonds is 5. The number of benzene rings is 1. The molecule has 0 bridgehead atoms. The molecule has 1 heterocycles. The Labute approximate surface area is 153 Å². The van der Waals surface area contributed by atoms with E-state index in [4.69, 9.17) is 16.3 Å². The van der Waals surface area contributed by atoms with Gasteiger partial charge in [-0.25, -0.2) is 0 Å². The molecule has 3 atom stereocenters.